The number of benzene rings is 1. The van der Waals surface area contributed by atoms with Gasteiger partial charge < -0.3 is 4.90 Å². The maximum atomic E-state index is 12.9. The van der Waals surface area contributed by atoms with Gasteiger partial charge in [0.05, 0.1) is 5.75 Å². The van der Waals surface area contributed by atoms with Gasteiger partial charge in [-0.05, 0) is 44.1 Å². The van der Waals surface area contributed by atoms with E-state index in [9.17, 15) is 4.79 Å². The Bertz CT molecular complexity index is 872. The van der Waals surface area contributed by atoms with E-state index in [1.165, 1.54) is 23.7 Å². The number of aromatic nitrogens is 3. The third kappa shape index (κ3) is 4.97. The molecule has 0 bridgehead atoms. The average molecular weight is 427 g/mol. The number of likely N-dealkylation sites (tertiary alicyclic amines) is 1. The minimum Gasteiger partial charge on any atom is -0.337 e. The van der Waals surface area contributed by atoms with Gasteiger partial charge in [-0.3, -0.25) is 9.36 Å². The largest absolute Gasteiger partial charge is 0.337 e. The van der Waals surface area contributed by atoms with E-state index < -0.39 is 0 Å². The van der Waals surface area contributed by atoms with E-state index >= 15 is 0 Å². The zero-order chi connectivity index (χ0) is 21.9. The molecule has 5 nitrogen and oxygen atoms in total. The molecule has 3 rings (SSSR count). The van der Waals surface area contributed by atoms with Crippen LogP contribution in [0.3, 0.4) is 0 Å². The lowest BCUT2D eigenvalue weighted by Crippen LogP contribution is -2.48. The van der Waals surface area contributed by atoms with Gasteiger partial charge >= 0.3 is 0 Å². The van der Waals surface area contributed by atoms with E-state index in [-0.39, 0.29) is 11.3 Å². The fraction of sp³-hybridized carbons (Fsp3) is 0.542. The number of amides is 1. The molecule has 0 spiro atoms. The summed E-state index contributed by atoms with van der Waals surface area (Å²) in [4.78, 5) is 14.9. The van der Waals surface area contributed by atoms with Crippen LogP contribution >= 0.6 is 11.8 Å². The minimum absolute atomic E-state index is 0.109. The van der Waals surface area contributed by atoms with Gasteiger partial charge in [-0.2, -0.15) is 0 Å². The number of carbonyl (C=O) groups excluding carboxylic acids is 1. The van der Waals surface area contributed by atoms with Crippen LogP contribution in [0.25, 0.3) is 11.4 Å². The van der Waals surface area contributed by atoms with E-state index in [4.69, 9.17) is 0 Å². The third-order valence-corrected chi connectivity index (χ3v) is 6.80. The molecule has 1 amide bonds. The summed E-state index contributed by atoms with van der Waals surface area (Å²) in [7, 11) is 0. The second-order valence-corrected chi connectivity index (χ2v) is 10.2. The predicted molar refractivity (Wildman–Crippen MR) is 125 cm³/mol. The Kier molecular flexibility index (Phi) is 7.06. The Labute approximate surface area is 185 Å². The molecule has 162 valence electrons. The highest BCUT2D eigenvalue weighted by Crippen LogP contribution is 2.29. The molecule has 0 radical (unpaired) electrons. The molecule has 0 N–H and O–H groups in total. The number of hydrogen-bond donors (Lipinski definition) is 0. The van der Waals surface area contributed by atoms with Crippen LogP contribution in [0.15, 0.2) is 42.1 Å². The molecular formula is C24H34N4OS. The van der Waals surface area contributed by atoms with Gasteiger partial charge in [-0.1, -0.05) is 62.9 Å². The SMILES string of the molecule is C=CCn1c(SCC(=O)N2[C@@H](C)CCC[C@@H]2C)nnc1-c1ccc(C(C)(C)C)cc1. The zero-order valence-corrected chi connectivity index (χ0v) is 19.7. The monoisotopic (exact) mass is 426 g/mol. The van der Waals surface area contributed by atoms with Crippen molar-refractivity contribution in [3.63, 3.8) is 0 Å². The Balaban J connectivity index is 1.77. The van der Waals surface area contributed by atoms with Crippen molar-refractivity contribution in [2.24, 2.45) is 0 Å². The van der Waals surface area contributed by atoms with Crippen LogP contribution in [-0.4, -0.2) is 43.4 Å². The minimum atomic E-state index is 0.109. The highest BCUT2D eigenvalue weighted by Gasteiger charge is 2.29. The van der Waals surface area contributed by atoms with Crippen LogP contribution in [0.2, 0.25) is 0 Å². The molecule has 2 atom stereocenters. The van der Waals surface area contributed by atoms with Crippen LogP contribution in [0, 0.1) is 0 Å². The Morgan fingerprint density at radius 2 is 1.80 bits per heavy atom. The Morgan fingerprint density at radius 1 is 1.17 bits per heavy atom. The molecule has 1 aliphatic heterocycles. The van der Waals surface area contributed by atoms with Gasteiger partial charge in [-0.15, -0.1) is 16.8 Å². The summed E-state index contributed by atoms with van der Waals surface area (Å²) in [6, 6.07) is 9.12. The number of nitrogens with zero attached hydrogens (tertiary/aromatic N) is 4. The number of carbonyl (C=O) groups is 1. The average Bonchev–Trinajstić information content (AvgIpc) is 3.08. The molecule has 1 aromatic heterocycles. The molecule has 1 aliphatic rings. The first kappa shape index (κ1) is 22.6. The first-order chi connectivity index (χ1) is 14.2. The van der Waals surface area contributed by atoms with Crippen LogP contribution < -0.4 is 0 Å². The summed E-state index contributed by atoms with van der Waals surface area (Å²) in [6.45, 7) is 15.4. The normalized spacial score (nSPS) is 19.7. The maximum absolute atomic E-state index is 12.9. The topological polar surface area (TPSA) is 51.0 Å². The van der Waals surface area contributed by atoms with Crippen molar-refractivity contribution >= 4 is 17.7 Å². The first-order valence-electron chi connectivity index (χ1n) is 10.8. The molecule has 0 unspecified atom stereocenters. The summed E-state index contributed by atoms with van der Waals surface area (Å²) < 4.78 is 2.04. The summed E-state index contributed by atoms with van der Waals surface area (Å²) in [5.41, 5.74) is 2.41. The summed E-state index contributed by atoms with van der Waals surface area (Å²) in [5.74, 6) is 1.38. The molecule has 30 heavy (non-hydrogen) atoms. The quantitative estimate of drug-likeness (QED) is 0.464. The highest BCUT2D eigenvalue weighted by molar-refractivity contribution is 7.99. The van der Waals surface area contributed by atoms with Gasteiger partial charge in [0.1, 0.15) is 0 Å². The van der Waals surface area contributed by atoms with Crippen molar-refractivity contribution in [1.29, 1.82) is 0 Å². The zero-order valence-electron chi connectivity index (χ0n) is 18.9. The summed E-state index contributed by atoms with van der Waals surface area (Å²) in [5, 5.41) is 9.59. The molecule has 0 aliphatic carbocycles. The molecule has 6 heteroatoms. The summed E-state index contributed by atoms with van der Waals surface area (Å²) >= 11 is 1.47. The lowest BCUT2D eigenvalue weighted by molar-refractivity contribution is -0.134. The van der Waals surface area contributed by atoms with E-state index in [0.29, 0.717) is 24.4 Å². The van der Waals surface area contributed by atoms with Crippen LogP contribution in [-0.2, 0) is 16.8 Å². The van der Waals surface area contributed by atoms with E-state index in [0.717, 1.165) is 29.4 Å². The van der Waals surface area contributed by atoms with E-state index in [2.05, 4.69) is 80.6 Å². The standard InChI is InChI=1S/C24H34N4OS/c1-7-15-27-22(19-11-13-20(14-12-19)24(4,5)6)25-26-23(27)30-16-21(29)28-17(2)9-8-10-18(28)3/h7,11-14,17-18H,1,8-10,15-16H2,2-6H3/t17-,18-/m0/s1. The summed E-state index contributed by atoms with van der Waals surface area (Å²) in [6.07, 6.45) is 5.21. The molecular weight excluding hydrogens is 392 g/mol. The first-order valence-corrected chi connectivity index (χ1v) is 11.8. The van der Waals surface area contributed by atoms with Gasteiger partial charge in [-0.25, -0.2) is 0 Å². The van der Waals surface area contributed by atoms with Crippen molar-refractivity contribution in [3.8, 4) is 11.4 Å². The van der Waals surface area contributed by atoms with Gasteiger partial charge in [0, 0.05) is 24.2 Å². The van der Waals surface area contributed by atoms with Crippen LogP contribution in [0.4, 0.5) is 0 Å². The number of thioether (sulfide) groups is 1. The van der Waals surface area contributed by atoms with Crippen molar-refractivity contribution in [1.82, 2.24) is 19.7 Å². The lowest BCUT2D eigenvalue weighted by Gasteiger charge is -2.39. The van der Waals surface area contributed by atoms with Crippen molar-refractivity contribution < 1.29 is 4.79 Å². The van der Waals surface area contributed by atoms with Crippen molar-refractivity contribution in [3.05, 3.63) is 42.5 Å². The molecule has 2 aromatic rings. The highest BCUT2D eigenvalue weighted by atomic mass is 32.2. The van der Waals surface area contributed by atoms with Gasteiger partial charge in [0.2, 0.25) is 5.91 Å². The lowest BCUT2D eigenvalue weighted by atomic mass is 9.87. The van der Waals surface area contributed by atoms with Gasteiger partial charge in [0.25, 0.3) is 0 Å². The molecule has 1 saturated heterocycles. The second kappa shape index (κ2) is 9.38. The van der Waals surface area contributed by atoms with E-state index in [1.54, 1.807) is 0 Å². The predicted octanol–water partition coefficient (Wildman–Crippen LogP) is 5.31. The van der Waals surface area contributed by atoms with Crippen molar-refractivity contribution in [2.45, 2.75) is 83.1 Å². The van der Waals surface area contributed by atoms with Crippen molar-refractivity contribution in [2.75, 3.05) is 5.75 Å². The van der Waals surface area contributed by atoms with Crippen LogP contribution in [0.5, 0.6) is 0 Å². The second-order valence-electron chi connectivity index (χ2n) is 9.25. The Hall–Kier alpha value is -2.08. The number of allylic oxidation sites excluding steroid dienone is 1. The smallest absolute Gasteiger partial charge is 0.233 e. The number of rotatable bonds is 6. The molecule has 1 aromatic carbocycles. The van der Waals surface area contributed by atoms with Crippen LogP contribution in [0.1, 0.15) is 59.4 Å². The molecule has 0 saturated carbocycles. The fourth-order valence-electron chi connectivity index (χ4n) is 4.14. The molecule has 2 heterocycles. The maximum Gasteiger partial charge on any atom is 0.233 e. The number of hydrogen-bond acceptors (Lipinski definition) is 4. The molecule has 1 fully saturated rings. The fourth-order valence-corrected chi connectivity index (χ4v) is 4.95. The third-order valence-electron chi connectivity index (χ3n) is 5.84. The number of piperidine rings is 1. The van der Waals surface area contributed by atoms with E-state index in [1.807, 2.05) is 10.6 Å². The van der Waals surface area contributed by atoms with Gasteiger partial charge in [0.15, 0.2) is 11.0 Å². The Morgan fingerprint density at radius 3 is 2.37 bits per heavy atom.